The van der Waals surface area contributed by atoms with Gasteiger partial charge in [0.15, 0.2) is 6.29 Å². The number of hydrogen-bond acceptors (Lipinski definition) is 2. The van der Waals surface area contributed by atoms with Crippen molar-refractivity contribution in [1.29, 1.82) is 0 Å². The summed E-state index contributed by atoms with van der Waals surface area (Å²) in [6, 6.07) is 6.27. The Morgan fingerprint density at radius 3 is 2.47 bits per heavy atom. The summed E-state index contributed by atoms with van der Waals surface area (Å²) in [5.41, 5.74) is 4.86. The minimum Gasteiger partial charge on any atom is -0.298 e. The molecule has 0 N–H and O–H groups in total. The third-order valence-electron chi connectivity index (χ3n) is 3.15. The lowest BCUT2D eigenvalue weighted by Crippen LogP contribution is -1.98. The van der Waals surface area contributed by atoms with Gasteiger partial charge in [0, 0.05) is 18.3 Å². The van der Waals surface area contributed by atoms with Crippen LogP contribution in [0, 0.1) is 13.8 Å². The van der Waals surface area contributed by atoms with E-state index in [-0.39, 0.29) is 0 Å². The summed E-state index contributed by atoms with van der Waals surface area (Å²) in [6.07, 6.45) is 4.93. The van der Waals surface area contributed by atoms with Gasteiger partial charge in [0.1, 0.15) is 5.69 Å². The highest BCUT2D eigenvalue weighted by Gasteiger charge is 2.11. The number of aryl methyl sites for hydroxylation is 3. The number of unbranched alkanes of at least 4 members (excludes halogenated alkanes) is 1. The first-order chi connectivity index (χ1) is 9.13. The zero-order valence-electron chi connectivity index (χ0n) is 11.8. The zero-order valence-corrected chi connectivity index (χ0v) is 11.8. The maximum Gasteiger partial charge on any atom is 0.153 e. The first-order valence-electron chi connectivity index (χ1n) is 6.75. The summed E-state index contributed by atoms with van der Waals surface area (Å²) < 4.78 is 1.88. The van der Waals surface area contributed by atoms with E-state index in [4.69, 9.17) is 0 Å². The van der Waals surface area contributed by atoms with Gasteiger partial charge >= 0.3 is 0 Å². The lowest BCUT2D eigenvalue weighted by molar-refractivity contribution is 0.112. The van der Waals surface area contributed by atoms with Gasteiger partial charge in [-0.05, 0) is 32.4 Å². The minimum absolute atomic E-state index is 0.668. The fraction of sp³-hybridized carbons (Fsp3) is 0.375. The maximum absolute atomic E-state index is 11.2. The fourth-order valence-corrected chi connectivity index (χ4v) is 2.29. The van der Waals surface area contributed by atoms with E-state index in [1.807, 2.05) is 10.9 Å². The number of aldehydes is 1. The highest BCUT2D eigenvalue weighted by molar-refractivity contribution is 5.85. The first kappa shape index (κ1) is 13.5. The van der Waals surface area contributed by atoms with Crippen LogP contribution in [0.2, 0.25) is 0 Å². The SMILES string of the molecule is CCCCn1cc(C=O)c(-c2cc(C)cc(C)c2)n1. The molecule has 0 spiro atoms. The highest BCUT2D eigenvalue weighted by atomic mass is 16.1. The highest BCUT2D eigenvalue weighted by Crippen LogP contribution is 2.23. The van der Waals surface area contributed by atoms with Crippen LogP contribution in [-0.2, 0) is 6.54 Å². The molecule has 0 atom stereocenters. The number of rotatable bonds is 5. The molecule has 0 fully saturated rings. The molecule has 0 amide bonds. The minimum atomic E-state index is 0.668. The Kier molecular flexibility index (Phi) is 4.15. The topological polar surface area (TPSA) is 34.9 Å². The van der Waals surface area contributed by atoms with Crippen LogP contribution in [0.5, 0.6) is 0 Å². The van der Waals surface area contributed by atoms with Gasteiger partial charge in [-0.1, -0.05) is 30.5 Å². The number of nitrogens with zero attached hydrogens (tertiary/aromatic N) is 2. The molecule has 0 aliphatic rings. The smallest absolute Gasteiger partial charge is 0.153 e. The predicted molar refractivity (Wildman–Crippen MR) is 77.4 cm³/mol. The van der Waals surface area contributed by atoms with Crippen molar-refractivity contribution in [1.82, 2.24) is 9.78 Å². The Morgan fingerprint density at radius 1 is 1.21 bits per heavy atom. The van der Waals surface area contributed by atoms with Crippen LogP contribution in [0.3, 0.4) is 0 Å². The summed E-state index contributed by atoms with van der Waals surface area (Å²) in [7, 11) is 0. The zero-order chi connectivity index (χ0) is 13.8. The number of carbonyl (C=O) groups is 1. The third kappa shape index (κ3) is 3.11. The molecule has 0 saturated carbocycles. The standard InChI is InChI=1S/C16H20N2O/c1-4-5-6-18-10-15(11-19)16(17-18)14-8-12(2)7-13(3)9-14/h7-11H,4-6H2,1-3H3. The van der Waals surface area contributed by atoms with Gasteiger partial charge in [0.25, 0.3) is 0 Å². The number of aromatic nitrogens is 2. The molecule has 0 radical (unpaired) electrons. The summed E-state index contributed by atoms with van der Waals surface area (Å²) in [5.74, 6) is 0. The van der Waals surface area contributed by atoms with E-state index >= 15 is 0 Å². The molecule has 19 heavy (non-hydrogen) atoms. The monoisotopic (exact) mass is 256 g/mol. The largest absolute Gasteiger partial charge is 0.298 e. The second-order valence-electron chi connectivity index (χ2n) is 5.04. The maximum atomic E-state index is 11.2. The Bertz CT molecular complexity index is 564. The molecule has 1 heterocycles. The van der Waals surface area contributed by atoms with Gasteiger partial charge in [-0.15, -0.1) is 0 Å². The van der Waals surface area contributed by atoms with Crippen molar-refractivity contribution in [3.63, 3.8) is 0 Å². The molecule has 2 aromatic rings. The quantitative estimate of drug-likeness (QED) is 0.763. The van der Waals surface area contributed by atoms with Crippen molar-refractivity contribution < 1.29 is 4.79 Å². The molecule has 1 aromatic heterocycles. The molecule has 0 aliphatic heterocycles. The van der Waals surface area contributed by atoms with Gasteiger partial charge in [0.05, 0.1) is 5.56 Å². The summed E-state index contributed by atoms with van der Waals surface area (Å²) in [6.45, 7) is 7.13. The molecule has 0 bridgehead atoms. The van der Waals surface area contributed by atoms with Crippen molar-refractivity contribution in [2.24, 2.45) is 0 Å². The molecule has 0 aliphatic carbocycles. The fourth-order valence-electron chi connectivity index (χ4n) is 2.29. The van der Waals surface area contributed by atoms with Crippen LogP contribution in [-0.4, -0.2) is 16.1 Å². The van der Waals surface area contributed by atoms with Gasteiger partial charge in [0.2, 0.25) is 0 Å². The third-order valence-corrected chi connectivity index (χ3v) is 3.15. The summed E-state index contributed by atoms with van der Waals surface area (Å²) >= 11 is 0. The van der Waals surface area contributed by atoms with E-state index in [1.165, 1.54) is 11.1 Å². The summed E-state index contributed by atoms with van der Waals surface area (Å²) in [5, 5.41) is 4.56. The Morgan fingerprint density at radius 2 is 1.89 bits per heavy atom. The second-order valence-corrected chi connectivity index (χ2v) is 5.04. The van der Waals surface area contributed by atoms with Gasteiger partial charge in [-0.3, -0.25) is 9.48 Å². The molecular formula is C16H20N2O. The van der Waals surface area contributed by atoms with Gasteiger partial charge in [-0.25, -0.2) is 0 Å². The van der Waals surface area contributed by atoms with E-state index in [0.29, 0.717) is 5.56 Å². The normalized spacial score (nSPS) is 10.7. The van der Waals surface area contributed by atoms with Gasteiger partial charge in [-0.2, -0.15) is 5.10 Å². The van der Waals surface area contributed by atoms with E-state index in [2.05, 4.69) is 44.1 Å². The Balaban J connectivity index is 2.42. The lowest BCUT2D eigenvalue weighted by Gasteiger charge is -2.03. The molecule has 0 unspecified atom stereocenters. The molecule has 1 aromatic carbocycles. The van der Waals surface area contributed by atoms with Crippen LogP contribution in [0.25, 0.3) is 11.3 Å². The average molecular weight is 256 g/mol. The van der Waals surface area contributed by atoms with Crippen molar-refractivity contribution in [3.8, 4) is 11.3 Å². The number of carbonyl (C=O) groups excluding carboxylic acids is 1. The molecule has 2 rings (SSSR count). The van der Waals surface area contributed by atoms with Crippen LogP contribution in [0.1, 0.15) is 41.3 Å². The van der Waals surface area contributed by atoms with E-state index in [0.717, 1.165) is 36.9 Å². The second kappa shape index (κ2) is 5.83. The molecule has 3 heteroatoms. The van der Waals surface area contributed by atoms with Gasteiger partial charge < -0.3 is 0 Å². The van der Waals surface area contributed by atoms with Crippen LogP contribution >= 0.6 is 0 Å². The van der Waals surface area contributed by atoms with Crippen molar-refractivity contribution in [3.05, 3.63) is 41.1 Å². The van der Waals surface area contributed by atoms with E-state index in [9.17, 15) is 4.79 Å². The summed E-state index contributed by atoms with van der Waals surface area (Å²) in [4.78, 5) is 11.2. The lowest BCUT2D eigenvalue weighted by atomic mass is 10.0. The van der Waals surface area contributed by atoms with E-state index in [1.54, 1.807) is 0 Å². The molecule has 100 valence electrons. The molecular weight excluding hydrogens is 236 g/mol. The van der Waals surface area contributed by atoms with Crippen molar-refractivity contribution in [2.45, 2.75) is 40.2 Å². The Labute approximate surface area is 114 Å². The molecule has 0 saturated heterocycles. The average Bonchev–Trinajstić information content (AvgIpc) is 2.78. The number of hydrogen-bond donors (Lipinski definition) is 0. The van der Waals surface area contributed by atoms with Crippen LogP contribution in [0.4, 0.5) is 0 Å². The van der Waals surface area contributed by atoms with Crippen molar-refractivity contribution >= 4 is 6.29 Å². The Hall–Kier alpha value is -1.90. The predicted octanol–water partition coefficient (Wildman–Crippen LogP) is 3.78. The van der Waals surface area contributed by atoms with Crippen LogP contribution in [0.15, 0.2) is 24.4 Å². The van der Waals surface area contributed by atoms with Crippen molar-refractivity contribution in [2.75, 3.05) is 0 Å². The molecule has 3 nitrogen and oxygen atoms in total. The van der Waals surface area contributed by atoms with Crippen LogP contribution < -0.4 is 0 Å². The first-order valence-corrected chi connectivity index (χ1v) is 6.75. The van der Waals surface area contributed by atoms with E-state index < -0.39 is 0 Å². The number of benzene rings is 1.